The van der Waals surface area contributed by atoms with Crippen LogP contribution in [-0.2, 0) is 14.3 Å². The Kier molecular flexibility index (Phi) is 7.44. The Bertz CT molecular complexity index is 1140. The fourth-order valence-electron chi connectivity index (χ4n) is 3.67. The number of halogens is 2. The van der Waals surface area contributed by atoms with Gasteiger partial charge in [-0.05, 0) is 36.8 Å². The second-order valence-electron chi connectivity index (χ2n) is 7.20. The molecule has 34 heavy (non-hydrogen) atoms. The molecule has 0 radical (unpaired) electrons. The van der Waals surface area contributed by atoms with E-state index in [-0.39, 0.29) is 40.5 Å². The van der Waals surface area contributed by atoms with Crippen LogP contribution in [0.5, 0.6) is 11.5 Å². The van der Waals surface area contributed by atoms with E-state index in [0.717, 1.165) is 12.0 Å². The average molecular weight is 476 g/mol. The van der Waals surface area contributed by atoms with Gasteiger partial charge in [-0.1, -0.05) is 12.1 Å². The predicted molar refractivity (Wildman–Crippen MR) is 115 cm³/mol. The highest BCUT2D eigenvalue weighted by Crippen LogP contribution is 2.39. The largest absolute Gasteiger partial charge is 0.490 e. The summed E-state index contributed by atoms with van der Waals surface area (Å²) in [6, 6.07) is 7.16. The highest BCUT2D eigenvalue weighted by atomic mass is 19.3. The van der Waals surface area contributed by atoms with Crippen LogP contribution in [0.2, 0.25) is 0 Å². The van der Waals surface area contributed by atoms with E-state index < -0.39 is 42.8 Å². The summed E-state index contributed by atoms with van der Waals surface area (Å²) in [5.74, 6) is -2.86. The first kappa shape index (κ1) is 24.6. The lowest BCUT2D eigenvalue weighted by Crippen LogP contribution is -2.35. The highest BCUT2D eigenvalue weighted by Gasteiger charge is 2.43. The van der Waals surface area contributed by atoms with Crippen molar-refractivity contribution in [2.75, 3.05) is 19.0 Å². The molecule has 0 saturated carbocycles. The summed E-state index contributed by atoms with van der Waals surface area (Å²) in [4.78, 5) is 51.2. The number of benzene rings is 2. The number of esters is 1. The van der Waals surface area contributed by atoms with Gasteiger partial charge in [-0.15, -0.1) is 0 Å². The topological polar surface area (TPSA) is 111 Å². The number of amides is 3. The van der Waals surface area contributed by atoms with Crippen molar-refractivity contribution in [1.29, 1.82) is 0 Å². The van der Waals surface area contributed by atoms with E-state index in [2.05, 4.69) is 10.1 Å². The number of imide groups is 1. The smallest absolute Gasteiger partial charge is 0.387 e. The molecule has 9 nitrogen and oxygen atoms in total. The molecule has 1 N–H and O–H groups in total. The summed E-state index contributed by atoms with van der Waals surface area (Å²) in [6.45, 7) is -0.0769. The zero-order valence-corrected chi connectivity index (χ0v) is 18.6. The first-order chi connectivity index (χ1) is 16.2. The van der Waals surface area contributed by atoms with Crippen molar-refractivity contribution in [3.63, 3.8) is 0 Å². The van der Waals surface area contributed by atoms with Crippen molar-refractivity contribution < 1.29 is 42.2 Å². The lowest BCUT2D eigenvalue weighted by molar-refractivity contribution is -0.141. The van der Waals surface area contributed by atoms with Gasteiger partial charge in [0.2, 0.25) is 5.91 Å². The van der Waals surface area contributed by atoms with Crippen LogP contribution in [0, 0.1) is 0 Å². The van der Waals surface area contributed by atoms with E-state index in [1.54, 1.807) is 6.92 Å². The van der Waals surface area contributed by atoms with Gasteiger partial charge in [0.1, 0.15) is 0 Å². The number of alkyl halides is 2. The standard InChI is InChI=1S/C23H22F2N2O7/c1-4-33-18-10-13(8-9-17(18)34-23(24)25)16(11-19(29)32-3)27-21(30)14-6-5-7-15(26-12(2)28)20(14)22(27)31/h5-10,16,23H,4,11H2,1-3H3,(H,26,28). The quantitative estimate of drug-likeness (QED) is 0.435. The lowest BCUT2D eigenvalue weighted by Gasteiger charge is -2.26. The van der Waals surface area contributed by atoms with Crippen molar-refractivity contribution in [1.82, 2.24) is 4.90 Å². The number of carbonyl (C=O) groups is 4. The molecule has 0 saturated heterocycles. The molecule has 1 aliphatic heterocycles. The summed E-state index contributed by atoms with van der Waals surface area (Å²) in [5, 5.41) is 2.52. The summed E-state index contributed by atoms with van der Waals surface area (Å²) in [7, 11) is 1.15. The maximum absolute atomic E-state index is 13.4. The SMILES string of the molecule is CCOc1cc(C(CC(=O)OC)N2C(=O)c3cccc(NC(C)=O)c3C2=O)ccc1OC(F)F. The van der Waals surface area contributed by atoms with Gasteiger partial charge in [0.15, 0.2) is 11.5 Å². The first-order valence-electron chi connectivity index (χ1n) is 10.2. The predicted octanol–water partition coefficient (Wildman–Crippen LogP) is 3.55. The van der Waals surface area contributed by atoms with Crippen LogP contribution in [0.1, 0.15) is 52.6 Å². The Morgan fingerprint density at radius 1 is 1.09 bits per heavy atom. The van der Waals surface area contributed by atoms with Gasteiger partial charge >= 0.3 is 12.6 Å². The zero-order chi connectivity index (χ0) is 25.0. The van der Waals surface area contributed by atoms with Crippen LogP contribution in [0.15, 0.2) is 36.4 Å². The summed E-state index contributed by atoms with van der Waals surface area (Å²) >= 11 is 0. The van der Waals surface area contributed by atoms with Crippen molar-refractivity contribution in [3.05, 3.63) is 53.1 Å². The fourth-order valence-corrected chi connectivity index (χ4v) is 3.67. The molecule has 3 rings (SSSR count). The van der Waals surface area contributed by atoms with Gasteiger partial charge in [-0.3, -0.25) is 24.1 Å². The van der Waals surface area contributed by atoms with Gasteiger partial charge in [0.05, 0.1) is 43.0 Å². The molecular formula is C23H22F2N2O7. The third kappa shape index (κ3) is 4.98. The Labute approximate surface area is 193 Å². The van der Waals surface area contributed by atoms with Gasteiger partial charge in [0, 0.05) is 6.92 Å². The Morgan fingerprint density at radius 3 is 2.44 bits per heavy atom. The van der Waals surface area contributed by atoms with E-state index in [9.17, 15) is 28.0 Å². The molecule has 0 aromatic heterocycles. The third-order valence-corrected chi connectivity index (χ3v) is 5.02. The zero-order valence-electron chi connectivity index (χ0n) is 18.6. The van der Waals surface area contributed by atoms with Gasteiger partial charge in [0.25, 0.3) is 11.8 Å². The number of carbonyl (C=O) groups excluding carboxylic acids is 4. The Balaban J connectivity index is 2.09. The molecular weight excluding hydrogens is 454 g/mol. The van der Waals surface area contributed by atoms with Crippen molar-refractivity contribution >= 4 is 29.4 Å². The van der Waals surface area contributed by atoms with E-state index >= 15 is 0 Å². The van der Waals surface area contributed by atoms with E-state index in [4.69, 9.17) is 9.47 Å². The number of hydrogen-bond acceptors (Lipinski definition) is 7. The fraction of sp³-hybridized carbons (Fsp3) is 0.304. The number of nitrogens with one attached hydrogen (secondary N) is 1. The molecule has 0 bridgehead atoms. The van der Waals surface area contributed by atoms with Crippen LogP contribution in [0.4, 0.5) is 14.5 Å². The number of anilines is 1. The number of nitrogens with zero attached hydrogens (tertiary/aromatic N) is 1. The summed E-state index contributed by atoms with van der Waals surface area (Å²) < 4.78 is 40.2. The maximum Gasteiger partial charge on any atom is 0.387 e. The minimum atomic E-state index is -3.10. The molecule has 1 atom stereocenters. The molecule has 1 aliphatic rings. The number of ether oxygens (including phenoxy) is 3. The summed E-state index contributed by atoms with van der Waals surface area (Å²) in [6.07, 6.45) is -0.405. The lowest BCUT2D eigenvalue weighted by atomic mass is 10.0. The Morgan fingerprint density at radius 2 is 1.82 bits per heavy atom. The second-order valence-corrected chi connectivity index (χ2v) is 7.20. The molecule has 0 spiro atoms. The summed E-state index contributed by atoms with van der Waals surface area (Å²) in [5.41, 5.74) is 0.443. The monoisotopic (exact) mass is 476 g/mol. The van der Waals surface area contributed by atoms with Gasteiger partial charge < -0.3 is 19.5 Å². The second kappa shape index (κ2) is 10.3. The van der Waals surface area contributed by atoms with Crippen molar-refractivity contribution in [3.8, 4) is 11.5 Å². The maximum atomic E-state index is 13.4. The minimum Gasteiger partial charge on any atom is -0.490 e. The van der Waals surface area contributed by atoms with E-state index in [1.807, 2.05) is 0 Å². The average Bonchev–Trinajstić information content (AvgIpc) is 3.03. The number of hydrogen-bond donors (Lipinski definition) is 1. The molecule has 0 aliphatic carbocycles. The van der Waals surface area contributed by atoms with Gasteiger partial charge in [-0.2, -0.15) is 8.78 Å². The van der Waals surface area contributed by atoms with Crippen molar-refractivity contribution in [2.24, 2.45) is 0 Å². The number of rotatable bonds is 9. The Hall–Kier alpha value is -4.02. The molecule has 0 fully saturated rings. The molecule has 2 aromatic carbocycles. The number of fused-ring (bicyclic) bond motifs is 1. The molecule has 180 valence electrons. The van der Waals surface area contributed by atoms with Crippen LogP contribution >= 0.6 is 0 Å². The minimum absolute atomic E-state index is 0.0137. The third-order valence-electron chi connectivity index (χ3n) is 5.02. The van der Waals surface area contributed by atoms with Crippen LogP contribution in [0.3, 0.4) is 0 Å². The molecule has 1 heterocycles. The molecule has 3 amide bonds. The van der Waals surface area contributed by atoms with Crippen molar-refractivity contribution in [2.45, 2.75) is 32.9 Å². The van der Waals surface area contributed by atoms with E-state index in [1.165, 1.54) is 43.3 Å². The van der Waals surface area contributed by atoms with Crippen LogP contribution in [0.25, 0.3) is 0 Å². The van der Waals surface area contributed by atoms with E-state index in [0.29, 0.717) is 0 Å². The highest BCUT2D eigenvalue weighted by molar-refractivity contribution is 6.24. The molecule has 2 aromatic rings. The van der Waals surface area contributed by atoms with Gasteiger partial charge in [-0.25, -0.2) is 0 Å². The molecule has 11 heteroatoms. The van der Waals surface area contributed by atoms with Crippen LogP contribution < -0.4 is 14.8 Å². The first-order valence-corrected chi connectivity index (χ1v) is 10.2. The molecule has 1 unspecified atom stereocenters. The van der Waals surface area contributed by atoms with Crippen LogP contribution in [-0.4, -0.2) is 48.9 Å². The number of methoxy groups -OCH3 is 1. The normalized spacial score (nSPS) is 13.5.